The first-order chi connectivity index (χ1) is 18.6. The fraction of sp³-hybridized carbons (Fsp3) is 0.419. The fourth-order valence-electron chi connectivity index (χ4n) is 5.45. The number of hydrogen-bond acceptors (Lipinski definition) is 4. The molecule has 1 saturated heterocycles. The van der Waals surface area contributed by atoms with Crippen LogP contribution in [0.4, 0.5) is 13.2 Å². The summed E-state index contributed by atoms with van der Waals surface area (Å²) in [5.41, 5.74) is 5.65. The van der Waals surface area contributed by atoms with Crippen LogP contribution < -0.4 is 4.74 Å². The Balaban J connectivity index is 1.44. The molecule has 2 aliphatic rings. The van der Waals surface area contributed by atoms with Crippen LogP contribution in [0.25, 0.3) is 11.1 Å². The van der Waals surface area contributed by atoms with Crippen LogP contribution in [0.2, 0.25) is 0 Å². The number of carboxylic acid groups (broad SMARTS) is 1. The number of piperidine rings is 1. The van der Waals surface area contributed by atoms with E-state index in [9.17, 15) is 23.1 Å². The third kappa shape index (κ3) is 6.27. The Hall–Kier alpha value is -3.39. The lowest BCUT2D eigenvalue weighted by Gasteiger charge is -2.32. The molecule has 1 aromatic heterocycles. The van der Waals surface area contributed by atoms with Gasteiger partial charge in [0.1, 0.15) is 17.7 Å². The Kier molecular flexibility index (Phi) is 7.67. The lowest BCUT2D eigenvalue weighted by atomic mass is 9.91. The first kappa shape index (κ1) is 27.2. The topological polar surface area (TPSA) is 62.7 Å². The molecule has 39 heavy (non-hydrogen) atoms. The molecule has 1 N–H and O–H groups in total. The number of pyridine rings is 1. The van der Waals surface area contributed by atoms with Gasteiger partial charge < -0.3 is 9.84 Å². The number of aromatic nitrogens is 1. The highest BCUT2D eigenvalue weighted by atomic mass is 19.3. The quantitative estimate of drug-likeness (QED) is 0.360. The predicted octanol–water partition coefficient (Wildman–Crippen LogP) is 6.76. The minimum absolute atomic E-state index is 0.184. The summed E-state index contributed by atoms with van der Waals surface area (Å²) < 4.78 is 48.9. The molecule has 0 radical (unpaired) electrons. The number of aliphatic carboxylic acids is 1. The molecule has 2 atom stereocenters. The van der Waals surface area contributed by atoms with Gasteiger partial charge in [-0.2, -0.15) is 0 Å². The smallest absolute Gasteiger partial charge is 0.306 e. The molecule has 1 fully saturated rings. The van der Waals surface area contributed by atoms with Gasteiger partial charge in [-0.1, -0.05) is 37.3 Å². The molecule has 2 aromatic carbocycles. The minimum atomic E-state index is -2.64. The van der Waals surface area contributed by atoms with Crippen molar-refractivity contribution in [3.8, 4) is 16.9 Å². The number of alkyl halides is 2. The molecule has 3 heterocycles. The van der Waals surface area contributed by atoms with Crippen molar-refractivity contribution in [1.82, 2.24) is 9.88 Å². The molecule has 2 unspecified atom stereocenters. The van der Waals surface area contributed by atoms with Gasteiger partial charge in [-0.05, 0) is 66.1 Å². The lowest BCUT2D eigenvalue weighted by Crippen LogP contribution is -2.38. The second-order valence-electron chi connectivity index (χ2n) is 10.9. The molecule has 8 heteroatoms. The Morgan fingerprint density at radius 3 is 2.67 bits per heavy atom. The highest BCUT2D eigenvalue weighted by Crippen LogP contribution is 2.38. The van der Waals surface area contributed by atoms with Crippen molar-refractivity contribution in [3.63, 3.8) is 0 Å². The monoisotopic (exact) mass is 538 g/mol. The van der Waals surface area contributed by atoms with E-state index < -0.39 is 23.6 Å². The summed E-state index contributed by atoms with van der Waals surface area (Å²) in [5.74, 6) is -3.64. The summed E-state index contributed by atoms with van der Waals surface area (Å²) >= 11 is 0. The summed E-state index contributed by atoms with van der Waals surface area (Å²) in [6, 6.07) is 13.5. The number of likely N-dealkylation sites (tertiary alicyclic amines) is 1. The van der Waals surface area contributed by atoms with Crippen LogP contribution in [0, 0.1) is 18.7 Å². The van der Waals surface area contributed by atoms with Crippen LogP contribution in [0.5, 0.6) is 5.75 Å². The van der Waals surface area contributed by atoms with Gasteiger partial charge in [-0.15, -0.1) is 0 Å². The zero-order valence-corrected chi connectivity index (χ0v) is 22.2. The van der Waals surface area contributed by atoms with E-state index in [1.807, 2.05) is 48.2 Å². The van der Waals surface area contributed by atoms with Gasteiger partial charge in [0.15, 0.2) is 0 Å². The molecule has 206 valence electrons. The number of rotatable bonds is 7. The number of nitrogens with zero attached hydrogens (tertiary/aromatic N) is 2. The van der Waals surface area contributed by atoms with Crippen LogP contribution in [-0.2, 0) is 24.2 Å². The van der Waals surface area contributed by atoms with Gasteiger partial charge >= 0.3 is 5.97 Å². The number of fused-ring (bicyclic) bond motifs is 1. The number of carboxylic acids is 1. The molecule has 3 aromatic rings. The van der Waals surface area contributed by atoms with Crippen LogP contribution >= 0.6 is 0 Å². The molecule has 2 aliphatic heterocycles. The van der Waals surface area contributed by atoms with E-state index in [4.69, 9.17) is 4.74 Å². The van der Waals surface area contributed by atoms with Gasteiger partial charge in [0.2, 0.25) is 0 Å². The highest BCUT2D eigenvalue weighted by Gasteiger charge is 2.34. The zero-order chi connectivity index (χ0) is 27.7. The third-order valence-electron chi connectivity index (χ3n) is 7.80. The van der Waals surface area contributed by atoms with Gasteiger partial charge in [-0.3, -0.25) is 14.7 Å². The first-order valence-electron chi connectivity index (χ1n) is 13.4. The van der Waals surface area contributed by atoms with Crippen molar-refractivity contribution in [2.24, 2.45) is 5.92 Å². The van der Waals surface area contributed by atoms with Crippen molar-refractivity contribution in [3.05, 3.63) is 82.4 Å². The number of halogens is 3. The Labute approximate surface area is 226 Å². The van der Waals surface area contributed by atoms with Crippen molar-refractivity contribution >= 4 is 5.97 Å². The number of hydrogen-bond donors (Lipinski definition) is 1. The molecule has 5 rings (SSSR count). The van der Waals surface area contributed by atoms with E-state index in [1.165, 1.54) is 6.20 Å². The van der Waals surface area contributed by atoms with E-state index in [0.29, 0.717) is 24.2 Å². The lowest BCUT2D eigenvalue weighted by molar-refractivity contribution is -0.141. The van der Waals surface area contributed by atoms with Crippen LogP contribution in [0.1, 0.15) is 60.2 Å². The largest absolute Gasteiger partial charge is 0.485 e. The van der Waals surface area contributed by atoms with E-state index >= 15 is 0 Å². The first-order valence-corrected chi connectivity index (χ1v) is 13.4. The average Bonchev–Trinajstić information content (AvgIpc) is 2.91. The zero-order valence-electron chi connectivity index (χ0n) is 22.2. The van der Waals surface area contributed by atoms with Crippen LogP contribution in [0.3, 0.4) is 0 Å². The molecule has 5 nitrogen and oxygen atoms in total. The maximum atomic E-state index is 14.9. The van der Waals surface area contributed by atoms with Crippen LogP contribution in [-0.4, -0.2) is 40.0 Å². The van der Waals surface area contributed by atoms with Crippen molar-refractivity contribution in [2.75, 3.05) is 13.1 Å². The standard InChI is InChI=1S/C31H33F3N2O3/c1-19(30(37)38)13-21-3-4-22-6-8-28(39-29(22)15-21)23-5-7-25(26-14-20(2)35-17-27(26)32)24(16-23)18-36-11-9-31(33,34)10-12-36/h3-5,7,14-17,19,28H,6,8-13,18H2,1-2H3,(H,37,38). The third-order valence-corrected chi connectivity index (χ3v) is 7.80. The fourth-order valence-corrected chi connectivity index (χ4v) is 5.45. The summed E-state index contributed by atoms with van der Waals surface area (Å²) in [6.07, 6.45) is 2.61. The van der Waals surface area contributed by atoms with Gasteiger partial charge in [0.25, 0.3) is 5.92 Å². The van der Waals surface area contributed by atoms with Gasteiger partial charge in [0.05, 0.1) is 12.1 Å². The number of aryl methyl sites for hydroxylation is 2. The van der Waals surface area contributed by atoms with Crippen molar-refractivity contribution < 1.29 is 27.8 Å². The molecule has 0 saturated carbocycles. The molecular formula is C31H33F3N2O3. The average molecular weight is 539 g/mol. The summed E-state index contributed by atoms with van der Waals surface area (Å²) in [5, 5.41) is 9.28. The second-order valence-corrected chi connectivity index (χ2v) is 10.9. The molecule has 0 bridgehead atoms. The van der Waals surface area contributed by atoms with Crippen LogP contribution in [0.15, 0.2) is 48.7 Å². The number of carbonyl (C=O) groups is 1. The highest BCUT2D eigenvalue weighted by molar-refractivity contribution is 5.70. The van der Waals surface area contributed by atoms with E-state index in [-0.39, 0.29) is 32.0 Å². The minimum Gasteiger partial charge on any atom is -0.485 e. The van der Waals surface area contributed by atoms with Crippen molar-refractivity contribution in [1.29, 1.82) is 0 Å². The van der Waals surface area contributed by atoms with E-state index in [2.05, 4.69) is 4.98 Å². The normalized spacial score (nSPS) is 19.7. The molecule has 0 spiro atoms. The summed E-state index contributed by atoms with van der Waals surface area (Å²) in [6.45, 7) is 4.48. The molecule has 0 amide bonds. The SMILES string of the molecule is Cc1cc(-c2ccc(C3CCc4ccc(CC(C)C(=O)O)cc4O3)cc2CN2CCC(F)(F)CC2)c(F)cn1. The Bertz CT molecular complexity index is 1370. The number of benzene rings is 2. The van der Waals surface area contributed by atoms with E-state index in [1.54, 1.807) is 13.0 Å². The predicted molar refractivity (Wildman–Crippen MR) is 142 cm³/mol. The molecule has 0 aliphatic carbocycles. The summed E-state index contributed by atoms with van der Waals surface area (Å²) in [7, 11) is 0. The molecular weight excluding hydrogens is 505 g/mol. The van der Waals surface area contributed by atoms with Crippen molar-refractivity contribution in [2.45, 2.75) is 64.5 Å². The Morgan fingerprint density at radius 2 is 1.92 bits per heavy atom. The maximum absolute atomic E-state index is 14.9. The maximum Gasteiger partial charge on any atom is 0.306 e. The van der Waals surface area contributed by atoms with Gasteiger partial charge in [0, 0.05) is 43.7 Å². The number of ether oxygens (including phenoxy) is 1. The summed E-state index contributed by atoms with van der Waals surface area (Å²) in [4.78, 5) is 17.4. The Morgan fingerprint density at radius 1 is 1.15 bits per heavy atom. The van der Waals surface area contributed by atoms with Gasteiger partial charge in [-0.25, -0.2) is 13.2 Å². The van der Waals surface area contributed by atoms with E-state index in [0.717, 1.165) is 46.4 Å². The second kappa shape index (κ2) is 11.0.